The van der Waals surface area contributed by atoms with E-state index in [-0.39, 0.29) is 0 Å². The molecular weight excluding hydrogens is 136 g/mol. The third-order valence-corrected chi connectivity index (χ3v) is 2.18. The summed E-state index contributed by atoms with van der Waals surface area (Å²) in [6.07, 6.45) is 5.33. The Hall–Kier alpha value is -0.0800. The van der Waals surface area contributed by atoms with Gasteiger partial charge >= 0.3 is 0 Å². The summed E-state index contributed by atoms with van der Waals surface area (Å²) in [7, 11) is 0. The topological polar surface area (TPSA) is 6.02 Å². The van der Waals surface area contributed by atoms with Gasteiger partial charge < -0.3 is 0 Å². The van der Waals surface area contributed by atoms with Gasteiger partial charge in [-0.25, -0.2) is 10.0 Å². The molecular formula is C9H20N2. The summed E-state index contributed by atoms with van der Waals surface area (Å²) in [4.78, 5) is 0. The average molecular weight is 156 g/mol. The molecule has 0 radical (unpaired) electrons. The van der Waals surface area contributed by atoms with Crippen molar-refractivity contribution in [2.75, 3.05) is 19.8 Å². The molecule has 2 unspecified atom stereocenters. The van der Waals surface area contributed by atoms with Gasteiger partial charge in [0.15, 0.2) is 0 Å². The predicted molar refractivity (Wildman–Crippen MR) is 48.1 cm³/mol. The van der Waals surface area contributed by atoms with Crippen LogP contribution in [-0.4, -0.2) is 29.8 Å². The van der Waals surface area contributed by atoms with E-state index >= 15 is 0 Å². The van der Waals surface area contributed by atoms with Gasteiger partial charge in [0.1, 0.15) is 0 Å². The van der Waals surface area contributed by atoms with Gasteiger partial charge in [-0.2, -0.15) is 0 Å². The molecule has 1 fully saturated rings. The van der Waals surface area contributed by atoms with Gasteiger partial charge in [0, 0.05) is 13.1 Å². The van der Waals surface area contributed by atoms with Crippen LogP contribution in [0.15, 0.2) is 0 Å². The van der Waals surface area contributed by atoms with Crippen LogP contribution in [-0.2, 0) is 0 Å². The van der Waals surface area contributed by atoms with Gasteiger partial charge in [0.05, 0.1) is 6.67 Å². The SMILES string of the molecule is CCCCN1CN1CCCC. The Bertz CT molecular complexity index is 91.7. The monoisotopic (exact) mass is 156 g/mol. The highest BCUT2D eigenvalue weighted by Gasteiger charge is 2.28. The maximum atomic E-state index is 2.44. The molecule has 0 spiro atoms. The summed E-state index contributed by atoms with van der Waals surface area (Å²) >= 11 is 0. The average Bonchev–Trinajstić information content (AvgIpc) is 2.76. The Morgan fingerprint density at radius 3 is 1.73 bits per heavy atom. The summed E-state index contributed by atoms with van der Waals surface area (Å²) < 4.78 is 0. The van der Waals surface area contributed by atoms with Crippen molar-refractivity contribution >= 4 is 0 Å². The number of rotatable bonds is 6. The second-order valence-electron chi connectivity index (χ2n) is 3.31. The molecule has 0 aliphatic carbocycles. The molecule has 0 aromatic heterocycles. The highest BCUT2D eigenvalue weighted by atomic mass is 15.8. The van der Waals surface area contributed by atoms with E-state index in [0.717, 1.165) is 0 Å². The van der Waals surface area contributed by atoms with Gasteiger partial charge in [-0.05, 0) is 12.8 Å². The molecule has 1 heterocycles. The van der Waals surface area contributed by atoms with Crippen LogP contribution in [0.4, 0.5) is 0 Å². The summed E-state index contributed by atoms with van der Waals surface area (Å²) in [5, 5.41) is 4.89. The maximum absolute atomic E-state index is 2.44. The molecule has 0 amide bonds. The molecule has 1 aliphatic rings. The lowest BCUT2D eigenvalue weighted by Gasteiger charge is -2.02. The molecule has 0 aromatic carbocycles. The van der Waals surface area contributed by atoms with Crippen LogP contribution in [0.3, 0.4) is 0 Å². The van der Waals surface area contributed by atoms with Gasteiger partial charge in [-0.3, -0.25) is 0 Å². The first-order valence-corrected chi connectivity index (χ1v) is 4.88. The third-order valence-electron chi connectivity index (χ3n) is 2.18. The number of hydrazine groups is 1. The lowest BCUT2D eigenvalue weighted by Crippen LogP contribution is -2.09. The Kier molecular flexibility index (Phi) is 3.87. The standard InChI is InChI=1S/C9H20N2/c1-3-5-7-10-9-11(10)8-6-4-2/h3-9H2,1-2H3. The molecule has 2 atom stereocenters. The van der Waals surface area contributed by atoms with Crippen LogP contribution in [0.1, 0.15) is 39.5 Å². The van der Waals surface area contributed by atoms with E-state index in [4.69, 9.17) is 0 Å². The summed E-state index contributed by atoms with van der Waals surface area (Å²) in [5.74, 6) is 0. The second kappa shape index (κ2) is 4.73. The molecule has 0 aromatic rings. The lowest BCUT2D eigenvalue weighted by molar-refractivity contribution is 0.298. The first kappa shape index (κ1) is 9.01. The van der Waals surface area contributed by atoms with Gasteiger partial charge in [0.2, 0.25) is 0 Å². The van der Waals surface area contributed by atoms with Gasteiger partial charge in [0.25, 0.3) is 0 Å². The van der Waals surface area contributed by atoms with Gasteiger partial charge in [-0.1, -0.05) is 26.7 Å². The van der Waals surface area contributed by atoms with E-state index in [2.05, 4.69) is 23.9 Å². The van der Waals surface area contributed by atoms with E-state index in [1.54, 1.807) is 0 Å². The normalized spacial score (nSPS) is 28.9. The van der Waals surface area contributed by atoms with E-state index in [1.165, 1.54) is 45.4 Å². The maximum Gasteiger partial charge on any atom is 0.0787 e. The minimum absolute atomic E-state index is 1.22. The lowest BCUT2D eigenvalue weighted by atomic mass is 10.3. The van der Waals surface area contributed by atoms with Crippen molar-refractivity contribution in [1.82, 2.24) is 10.0 Å². The van der Waals surface area contributed by atoms with Crippen molar-refractivity contribution in [1.29, 1.82) is 0 Å². The second-order valence-corrected chi connectivity index (χ2v) is 3.31. The molecule has 0 N–H and O–H groups in total. The third kappa shape index (κ3) is 3.21. The van der Waals surface area contributed by atoms with Crippen LogP contribution >= 0.6 is 0 Å². The van der Waals surface area contributed by atoms with Crippen LogP contribution in [0.25, 0.3) is 0 Å². The molecule has 2 heteroatoms. The molecule has 1 rings (SSSR count). The largest absolute Gasteiger partial charge is 0.225 e. The van der Waals surface area contributed by atoms with Crippen molar-refractivity contribution in [3.8, 4) is 0 Å². The summed E-state index contributed by atoms with van der Waals surface area (Å²) in [5.41, 5.74) is 0. The first-order chi connectivity index (χ1) is 5.38. The highest BCUT2D eigenvalue weighted by Crippen LogP contribution is 2.16. The van der Waals surface area contributed by atoms with Crippen molar-refractivity contribution < 1.29 is 0 Å². The number of hydrogen-bond acceptors (Lipinski definition) is 2. The van der Waals surface area contributed by atoms with E-state index in [1.807, 2.05) is 0 Å². The minimum atomic E-state index is 1.22. The van der Waals surface area contributed by atoms with Crippen molar-refractivity contribution in [3.63, 3.8) is 0 Å². The number of hydrogen-bond donors (Lipinski definition) is 0. The summed E-state index contributed by atoms with van der Waals surface area (Å²) in [6, 6.07) is 0. The molecule has 1 aliphatic heterocycles. The van der Waals surface area contributed by atoms with Crippen molar-refractivity contribution in [3.05, 3.63) is 0 Å². The smallest absolute Gasteiger partial charge is 0.0787 e. The number of unbranched alkanes of at least 4 members (excludes halogenated alkanes) is 2. The van der Waals surface area contributed by atoms with Crippen LogP contribution in [0, 0.1) is 0 Å². The highest BCUT2D eigenvalue weighted by molar-refractivity contribution is 4.67. The van der Waals surface area contributed by atoms with Crippen molar-refractivity contribution in [2.24, 2.45) is 0 Å². The Morgan fingerprint density at radius 1 is 0.909 bits per heavy atom. The molecule has 1 saturated heterocycles. The zero-order valence-electron chi connectivity index (χ0n) is 7.84. The Labute approximate surface area is 70.1 Å². The molecule has 2 nitrogen and oxygen atoms in total. The van der Waals surface area contributed by atoms with Crippen LogP contribution in [0.5, 0.6) is 0 Å². The molecule has 11 heavy (non-hydrogen) atoms. The fraction of sp³-hybridized carbons (Fsp3) is 1.00. The van der Waals surface area contributed by atoms with E-state index < -0.39 is 0 Å². The van der Waals surface area contributed by atoms with Crippen LogP contribution < -0.4 is 0 Å². The fourth-order valence-corrected chi connectivity index (χ4v) is 1.27. The van der Waals surface area contributed by atoms with Gasteiger partial charge in [-0.15, -0.1) is 0 Å². The Morgan fingerprint density at radius 2 is 1.36 bits per heavy atom. The Balaban J connectivity index is 1.89. The minimum Gasteiger partial charge on any atom is -0.225 e. The zero-order chi connectivity index (χ0) is 8.10. The molecule has 0 saturated carbocycles. The number of nitrogens with zero attached hydrogens (tertiary/aromatic N) is 2. The first-order valence-electron chi connectivity index (χ1n) is 4.88. The zero-order valence-corrected chi connectivity index (χ0v) is 7.84. The predicted octanol–water partition coefficient (Wildman–Crippen LogP) is 2.08. The molecule has 0 bridgehead atoms. The van der Waals surface area contributed by atoms with Crippen LogP contribution in [0.2, 0.25) is 0 Å². The van der Waals surface area contributed by atoms with E-state index in [0.29, 0.717) is 0 Å². The van der Waals surface area contributed by atoms with E-state index in [9.17, 15) is 0 Å². The molecule has 66 valence electrons. The van der Waals surface area contributed by atoms with Crippen molar-refractivity contribution in [2.45, 2.75) is 39.5 Å². The quantitative estimate of drug-likeness (QED) is 0.543. The fourth-order valence-electron chi connectivity index (χ4n) is 1.27. The summed E-state index contributed by atoms with van der Waals surface area (Å²) in [6.45, 7) is 8.28.